The van der Waals surface area contributed by atoms with Crippen molar-refractivity contribution >= 4 is 15.9 Å². The first kappa shape index (κ1) is 20.0. The van der Waals surface area contributed by atoms with Crippen LogP contribution in [0.3, 0.4) is 0 Å². The second-order valence-corrected chi connectivity index (χ2v) is 9.84. The first-order valence-corrected chi connectivity index (χ1v) is 11.8. The zero-order valence-corrected chi connectivity index (χ0v) is 17.3. The van der Waals surface area contributed by atoms with Gasteiger partial charge in [0.15, 0.2) is 0 Å². The lowest BCUT2D eigenvalue weighted by atomic mass is 9.82. The molecule has 1 aromatic carbocycles. The van der Waals surface area contributed by atoms with Gasteiger partial charge < -0.3 is 5.32 Å². The Labute approximate surface area is 172 Å². The van der Waals surface area contributed by atoms with Gasteiger partial charge in [-0.25, -0.2) is 8.42 Å². The van der Waals surface area contributed by atoms with Gasteiger partial charge in [0.1, 0.15) is 4.90 Å². The number of rotatable bonds is 5. The maximum absolute atomic E-state index is 12.7. The largest absolute Gasteiger partial charge is 0.355 e. The van der Waals surface area contributed by atoms with Gasteiger partial charge in [-0.3, -0.25) is 9.78 Å². The number of amides is 1. The van der Waals surface area contributed by atoms with E-state index in [9.17, 15) is 13.2 Å². The molecule has 0 spiro atoms. The third-order valence-corrected chi connectivity index (χ3v) is 8.00. The molecule has 6 nitrogen and oxygen atoms in total. The summed E-state index contributed by atoms with van der Waals surface area (Å²) in [6, 6.07) is 11.7. The Morgan fingerprint density at radius 2 is 1.90 bits per heavy atom. The zero-order valence-electron chi connectivity index (χ0n) is 16.5. The predicted octanol–water partition coefficient (Wildman–Crippen LogP) is 2.72. The van der Waals surface area contributed by atoms with Crippen molar-refractivity contribution in [3.63, 3.8) is 0 Å². The minimum absolute atomic E-state index is 0.0477. The van der Waals surface area contributed by atoms with Crippen molar-refractivity contribution < 1.29 is 13.2 Å². The van der Waals surface area contributed by atoms with E-state index in [0.29, 0.717) is 38.4 Å². The third-order valence-electron chi connectivity index (χ3n) is 6.11. The molecule has 154 valence electrons. The van der Waals surface area contributed by atoms with Gasteiger partial charge in [0.2, 0.25) is 15.9 Å². The van der Waals surface area contributed by atoms with E-state index in [-0.39, 0.29) is 16.7 Å². The van der Waals surface area contributed by atoms with Gasteiger partial charge in [0, 0.05) is 43.9 Å². The number of hydrogen-bond donors (Lipinski definition) is 1. The molecule has 0 bridgehead atoms. The third kappa shape index (κ3) is 4.36. The molecule has 2 aliphatic rings. The van der Waals surface area contributed by atoms with Gasteiger partial charge in [0.25, 0.3) is 0 Å². The number of benzene rings is 1. The Balaban J connectivity index is 1.31. The second kappa shape index (κ2) is 8.63. The van der Waals surface area contributed by atoms with E-state index < -0.39 is 10.0 Å². The molecule has 1 saturated heterocycles. The van der Waals surface area contributed by atoms with Crippen LogP contribution >= 0.6 is 0 Å². The molecular weight excluding hydrogens is 386 g/mol. The smallest absolute Gasteiger partial charge is 0.244 e. The lowest BCUT2D eigenvalue weighted by Gasteiger charge is -2.31. The molecule has 2 aromatic rings. The van der Waals surface area contributed by atoms with Crippen LogP contribution in [-0.2, 0) is 21.2 Å². The van der Waals surface area contributed by atoms with Crippen molar-refractivity contribution in [2.24, 2.45) is 5.92 Å². The quantitative estimate of drug-likeness (QED) is 0.817. The fraction of sp³-hybridized carbons (Fsp3) is 0.455. The van der Waals surface area contributed by atoms with Gasteiger partial charge in [-0.1, -0.05) is 24.3 Å². The van der Waals surface area contributed by atoms with Crippen LogP contribution in [-0.4, -0.2) is 43.2 Å². The van der Waals surface area contributed by atoms with Gasteiger partial charge in [-0.15, -0.1) is 0 Å². The summed E-state index contributed by atoms with van der Waals surface area (Å²) in [6.45, 7) is 1.38. The lowest BCUT2D eigenvalue weighted by molar-refractivity contribution is -0.126. The van der Waals surface area contributed by atoms with Crippen molar-refractivity contribution in [3.05, 3.63) is 59.9 Å². The van der Waals surface area contributed by atoms with Crippen LogP contribution in [0.1, 0.15) is 42.7 Å². The lowest BCUT2D eigenvalue weighted by Crippen LogP contribution is -2.43. The van der Waals surface area contributed by atoms with E-state index in [2.05, 4.69) is 34.6 Å². The fourth-order valence-corrected chi connectivity index (χ4v) is 5.88. The fourth-order valence-electron chi connectivity index (χ4n) is 4.44. The summed E-state index contributed by atoms with van der Waals surface area (Å²) in [4.78, 5) is 16.8. The number of sulfonamides is 1. The molecule has 1 fully saturated rings. The Hall–Kier alpha value is -2.25. The molecule has 29 heavy (non-hydrogen) atoms. The molecule has 2 heterocycles. The van der Waals surface area contributed by atoms with E-state index in [1.54, 1.807) is 18.3 Å². The summed E-state index contributed by atoms with van der Waals surface area (Å²) in [5.41, 5.74) is 2.75. The predicted molar refractivity (Wildman–Crippen MR) is 111 cm³/mol. The summed E-state index contributed by atoms with van der Waals surface area (Å²) in [6.07, 6.45) is 7.39. The van der Waals surface area contributed by atoms with Crippen LogP contribution < -0.4 is 5.32 Å². The molecule has 1 amide bonds. The number of carbonyl (C=O) groups is 1. The Morgan fingerprint density at radius 1 is 1.10 bits per heavy atom. The topological polar surface area (TPSA) is 79.4 Å². The van der Waals surface area contributed by atoms with Crippen LogP contribution in [0.5, 0.6) is 0 Å². The van der Waals surface area contributed by atoms with Gasteiger partial charge in [-0.2, -0.15) is 4.31 Å². The van der Waals surface area contributed by atoms with Gasteiger partial charge >= 0.3 is 0 Å². The van der Waals surface area contributed by atoms with E-state index in [4.69, 9.17) is 0 Å². The second-order valence-electron chi connectivity index (χ2n) is 7.90. The van der Waals surface area contributed by atoms with Crippen molar-refractivity contribution in [1.29, 1.82) is 0 Å². The highest BCUT2D eigenvalue weighted by Gasteiger charge is 2.32. The van der Waals surface area contributed by atoms with E-state index >= 15 is 0 Å². The van der Waals surface area contributed by atoms with Crippen molar-refractivity contribution in [3.8, 4) is 0 Å². The minimum atomic E-state index is -3.53. The molecule has 4 rings (SSSR count). The standard InChI is InChI=1S/C22H27N3O3S/c26-22(24-15-19-7-3-6-17-5-1-2-9-21(17)19)18-10-13-25(14-11-18)29(27,28)20-8-4-12-23-16-20/h1-2,4-5,8-9,12,16,18-19H,3,6-7,10-11,13-15H2,(H,24,26)/t19-/m1/s1. The number of aryl methyl sites for hydroxylation is 1. The summed E-state index contributed by atoms with van der Waals surface area (Å²) >= 11 is 0. The number of nitrogens with zero attached hydrogens (tertiary/aromatic N) is 2. The number of carbonyl (C=O) groups excluding carboxylic acids is 1. The maximum atomic E-state index is 12.7. The Kier molecular flexibility index (Phi) is 5.96. The Bertz CT molecular complexity index is 954. The summed E-state index contributed by atoms with van der Waals surface area (Å²) in [7, 11) is -3.53. The normalized spacial score (nSPS) is 20.8. The van der Waals surface area contributed by atoms with Gasteiger partial charge in [0.05, 0.1) is 0 Å². The maximum Gasteiger partial charge on any atom is 0.244 e. The highest BCUT2D eigenvalue weighted by molar-refractivity contribution is 7.89. The Morgan fingerprint density at radius 3 is 2.66 bits per heavy atom. The molecule has 1 atom stereocenters. The monoisotopic (exact) mass is 413 g/mol. The molecule has 0 unspecified atom stereocenters. The number of fused-ring (bicyclic) bond motifs is 1. The van der Waals surface area contributed by atoms with Gasteiger partial charge in [-0.05, 0) is 55.4 Å². The van der Waals surface area contributed by atoms with Crippen molar-refractivity contribution in [1.82, 2.24) is 14.6 Å². The first-order chi connectivity index (χ1) is 14.1. The molecule has 1 N–H and O–H groups in total. The van der Waals surface area contributed by atoms with Crippen molar-refractivity contribution in [2.45, 2.75) is 42.9 Å². The molecule has 0 saturated carbocycles. The number of aromatic nitrogens is 1. The number of piperidine rings is 1. The molecular formula is C22H27N3O3S. The van der Waals surface area contributed by atoms with Crippen LogP contribution in [0.4, 0.5) is 0 Å². The molecule has 1 aromatic heterocycles. The highest BCUT2D eigenvalue weighted by atomic mass is 32.2. The van der Waals surface area contributed by atoms with Crippen LogP contribution in [0, 0.1) is 5.92 Å². The van der Waals surface area contributed by atoms with Crippen LogP contribution in [0.25, 0.3) is 0 Å². The minimum Gasteiger partial charge on any atom is -0.355 e. The average molecular weight is 414 g/mol. The molecule has 1 aliphatic heterocycles. The molecule has 7 heteroatoms. The van der Waals surface area contributed by atoms with E-state index in [1.165, 1.54) is 21.6 Å². The number of hydrogen-bond acceptors (Lipinski definition) is 4. The van der Waals surface area contributed by atoms with E-state index in [1.807, 2.05) is 0 Å². The average Bonchev–Trinajstić information content (AvgIpc) is 2.78. The van der Waals surface area contributed by atoms with Crippen LogP contribution in [0.2, 0.25) is 0 Å². The summed E-state index contributed by atoms with van der Waals surface area (Å²) in [5, 5.41) is 3.13. The SMILES string of the molecule is O=C(NC[C@H]1CCCc2ccccc21)C1CCN(S(=O)(=O)c2cccnc2)CC1. The van der Waals surface area contributed by atoms with Crippen molar-refractivity contribution in [2.75, 3.05) is 19.6 Å². The molecule has 1 aliphatic carbocycles. The zero-order chi connectivity index (χ0) is 20.3. The first-order valence-electron chi connectivity index (χ1n) is 10.3. The molecule has 0 radical (unpaired) electrons. The summed E-state index contributed by atoms with van der Waals surface area (Å²) in [5.74, 6) is 0.288. The number of pyridine rings is 1. The number of nitrogens with one attached hydrogen (secondary N) is 1. The highest BCUT2D eigenvalue weighted by Crippen LogP contribution is 2.31. The van der Waals surface area contributed by atoms with E-state index in [0.717, 1.165) is 19.3 Å². The summed E-state index contributed by atoms with van der Waals surface area (Å²) < 4.78 is 26.9. The van der Waals surface area contributed by atoms with Crippen LogP contribution in [0.15, 0.2) is 53.7 Å².